The van der Waals surface area contributed by atoms with Gasteiger partial charge in [-0.2, -0.15) is 0 Å². The molecule has 0 aromatic heterocycles. The van der Waals surface area contributed by atoms with E-state index in [2.05, 4.69) is 38.2 Å². The number of aliphatic hydroxyl groups is 4. The summed E-state index contributed by atoms with van der Waals surface area (Å²) in [4.78, 5) is 25.3. The molecule has 10 heteroatoms. The van der Waals surface area contributed by atoms with Crippen molar-refractivity contribution in [3.63, 3.8) is 0 Å². The minimum atomic E-state index is -1.59. The Hall–Kier alpha value is -1.82. The first-order valence-corrected chi connectivity index (χ1v) is 21.9. The highest BCUT2D eigenvalue weighted by Gasteiger charge is 2.44. The first-order valence-electron chi connectivity index (χ1n) is 21.9. The van der Waals surface area contributed by atoms with Crippen molar-refractivity contribution in [2.75, 3.05) is 19.8 Å². The summed E-state index contributed by atoms with van der Waals surface area (Å²) in [6, 6.07) is 0. The van der Waals surface area contributed by atoms with E-state index in [1.165, 1.54) is 83.5 Å². The highest BCUT2D eigenvalue weighted by Crippen LogP contribution is 2.22. The van der Waals surface area contributed by atoms with Crippen LogP contribution in [0.15, 0.2) is 24.3 Å². The van der Waals surface area contributed by atoms with Crippen molar-refractivity contribution in [1.29, 1.82) is 0 Å². The van der Waals surface area contributed by atoms with Gasteiger partial charge in [-0.15, -0.1) is 0 Å². The first-order chi connectivity index (χ1) is 26.3. The number of unbranched alkanes of at least 4 members (excludes halogenated alkanes) is 21. The van der Waals surface area contributed by atoms with Gasteiger partial charge in [-0.1, -0.05) is 134 Å². The van der Waals surface area contributed by atoms with Crippen LogP contribution in [0.25, 0.3) is 0 Å². The molecular weight excluding hydrogens is 688 g/mol. The second-order valence-electron chi connectivity index (χ2n) is 15.1. The Morgan fingerprint density at radius 2 is 0.981 bits per heavy atom. The summed E-state index contributed by atoms with van der Waals surface area (Å²) in [7, 11) is 0. The number of hydrogen-bond acceptors (Lipinski definition) is 10. The lowest BCUT2D eigenvalue weighted by molar-refractivity contribution is -0.305. The maximum atomic E-state index is 12.7. The Labute approximate surface area is 328 Å². The van der Waals surface area contributed by atoms with Gasteiger partial charge >= 0.3 is 11.9 Å². The number of ether oxygens (including phenoxy) is 4. The molecule has 0 spiro atoms. The maximum Gasteiger partial charge on any atom is 0.306 e. The monoisotopic (exact) mass is 769 g/mol. The van der Waals surface area contributed by atoms with Crippen LogP contribution in [0.1, 0.15) is 187 Å². The zero-order valence-electron chi connectivity index (χ0n) is 34.2. The van der Waals surface area contributed by atoms with E-state index in [1.54, 1.807) is 0 Å². The molecule has 0 aromatic carbocycles. The van der Waals surface area contributed by atoms with E-state index in [0.29, 0.717) is 12.8 Å². The summed E-state index contributed by atoms with van der Waals surface area (Å²) in [6.45, 7) is 3.39. The summed E-state index contributed by atoms with van der Waals surface area (Å²) < 4.78 is 22.1. The SMILES string of the molecule is CCCCCC/C=C\CCCCCCCC(=O)OCC(COC1OC(CO)C(O)C(O)C1O)OC(=O)CCCCCCC/C=C\CCCCCCCCC. The maximum absolute atomic E-state index is 12.7. The van der Waals surface area contributed by atoms with Crippen LogP contribution in [0.2, 0.25) is 0 Å². The van der Waals surface area contributed by atoms with Crippen molar-refractivity contribution in [3.8, 4) is 0 Å². The molecule has 54 heavy (non-hydrogen) atoms. The number of allylic oxidation sites excluding steroid dienone is 4. The van der Waals surface area contributed by atoms with E-state index in [1.807, 2.05) is 0 Å². The van der Waals surface area contributed by atoms with Gasteiger partial charge in [-0.05, 0) is 64.2 Å². The van der Waals surface area contributed by atoms with Gasteiger partial charge < -0.3 is 39.4 Å². The fraction of sp³-hybridized carbons (Fsp3) is 0.864. The summed E-state index contributed by atoms with van der Waals surface area (Å²) in [5.74, 6) is -0.823. The molecule has 0 saturated carbocycles. The topological polar surface area (TPSA) is 152 Å². The molecule has 1 aliphatic rings. The van der Waals surface area contributed by atoms with Crippen LogP contribution in [-0.2, 0) is 28.5 Å². The molecule has 1 rings (SSSR count). The van der Waals surface area contributed by atoms with Gasteiger partial charge in [0.05, 0.1) is 13.2 Å². The lowest BCUT2D eigenvalue weighted by Crippen LogP contribution is -2.59. The molecule has 0 bridgehead atoms. The van der Waals surface area contributed by atoms with Crippen molar-refractivity contribution >= 4 is 11.9 Å². The van der Waals surface area contributed by atoms with E-state index >= 15 is 0 Å². The molecule has 316 valence electrons. The predicted octanol–water partition coefficient (Wildman–Crippen LogP) is 8.94. The first kappa shape index (κ1) is 50.2. The van der Waals surface area contributed by atoms with Crippen LogP contribution < -0.4 is 0 Å². The molecular formula is C44H80O10. The smallest absolute Gasteiger partial charge is 0.306 e. The number of hydrogen-bond donors (Lipinski definition) is 4. The van der Waals surface area contributed by atoms with Crippen LogP contribution in [0.3, 0.4) is 0 Å². The quantitative estimate of drug-likeness (QED) is 0.0276. The van der Waals surface area contributed by atoms with Gasteiger partial charge in [0.15, 0.2) is 12.4 Å². The van der Waals surface area contributed by atoms with E-state index in [4.69, 9.17) is 18.9 Å². The van der Waals surface area contributed by atoms with E-state index < -0.39 is 49.4 Å². The molecule has 4 N–H and O–H groups in total. The number of esters is 2. The molecule has 10 nitrogen and oxygen atoms in total. The second kappa shape index (κ2) is 35.6. The largest absolute Gasteiger partial charge is 0.462 e. The Balaban J connectivity index is 2.35. The van der Waals surface area contributed by atoms with E-state index in [9.17, 15) is 30.0 Å². The fourth-order valence-corrected chi connectivity index (χ4v) is 6.53. The minimum absolute atomic E-state index is 0.220. The van der Waals surface area contributed by atoms with Crippen molar-refractivity contribution in [2.45, 2.75) is 224 Å². The highest BCUT2D eigenvalue weighted by atomic mass is 16.7. The Bertz CT molecular complexity index is 938. The molecule has 1 aliphatic heterocycles. The molecule has 0 aliphatic carbocycles. The Morgan fingerprint density at radius 3 is 1.46 bits per heavy atom. The minimum Gasteiger partial charge on any atom is -0.462 e. The van der Waals surface area contributed by atoms with Gasteiger partial charge in [-0.25, -0.2) is 0 Å². The van der Waals surface area contributed by atoms with Crippen LogP contribution >= 0.6 is 0 Å². The lowest BCUT2D eigenvalue weighted by Gasteiger charge is -2.39. The number of aliphatic hydroxyl groups excluding tert-OH is 4. The molecule has 0 radical (unpaired) electrons. The highest BCUT2D eigenvalue weighted by molar-refractivity contribution is 5.70. The second-order valence-corrected chi connectivity index (χ2v) is 15.1. The molecule has 1 saturated heterocycles. The summed E-state index contributed by atoms with van der Waals surface area (Å²) in [6.07, 6.45) is 30.4. The zero-order valence-corrected chi connectivity index (χ0v) is 34.2. The van der Waals surface area contributed by atoms with Crippen molar-refractivity contribution in [2.24, 2.45) is 0 Å². The average molecular weight is 769 g/mol. The summed E-state index contributed by atoms with van der Waals surface area (Å²) in [5.41, 5.74) is 0. The van der Waals surface area contributed by atoms with Crippen LogP contribution in [0, 0.1) is 0 Å². The average Bonchev–Trinajstić information content (AvgIpc) is 3.17. The molecule has 6 unspecified atom stereocenters. The third kappa shape index (κ3) is 26.9. The van der Waals surface area contributed by atoms with Crippen molar-refractivity contribution in [3.05, 3.63) is 24.3 Å². The molecule has 1 heterocycles. The van der Waals surface area contributed by atoms with Gasteiger partial charge in [-0.3, -0.25) is 9.59 Å². The van der Waals surface area contributed by atoms with E-state index in [-0.39, 0.29) is 32.0 Å². The summed E-state index contributed by atoms with van der Waals surface area (Å²) in [5, 5.41) is 40.0. The van der Waals surface area contributed by atoms with Crippen LogP contribution in [0.5, 0.6) is 0 Å². The van der Waals surface area contributed by atoms with Crippen molar-refractivity contribution in [1.82, 2.24) is 0 Å². The molecule has 6 atom stereocenters. The number of rotatable bonds is 36. The fourth-order valence-electron chi connectivity index (χ4n) is 6.53. The Kier molecular flexibility index (Phi) is 33.1. The van der Waals surface area contributed by atoms with Gasteiger partial charge in [0, 0.05) is 12.8 Å². The molecule has 0 amide bonds. The van der Waals surface area contributed by atoms with E-state index in [0.717, 1.165) is 64.2 Å². The molecule has 1 fully saturated rings. The zero-order chi connectivity index (χ0) is 39.5. The van der Waals surface area contributed by atoms with Crippen molar-refractivity contribution < 1.29 is 49.0 Å². The van der Waals surface area contributed by atoms with Crippen LogP contribution in [0.4, 0.5) is 0 Å². The lowest BCUT2D eigenvalue weighted by atomic mass is 9.99. The van der Waals surface area contributed by atoms with Gasteiger partial charge in [0.2, 0.25) is 0 Å². The summed E-state index contributed by atoms with van der Waals surface area (Å²) >= 11 is 0. The third-order valence-corrected chi connectivity index (χ3v) is 10.1. The number of carbonyl (C=O) groups is 2. The predicted molar refractivity (Wildman–Crippen MR) is 215 cm³/mol. The Morgan fingerprint density at radius 1 is 0.556 bits per heavy atom. The standard InChI is InChI=1S/C44H80O10/c1-3-5-7-9-11-13-15-17-18-19-21-23-25-27-29-31-33-40(47)53-37(36-52-44-43(50)42(49)41(48)38(34-45)54-44)35-51-39(46)32-30-28-26-24-22-20-16-14-12-10-8-6-4-2/h14,16,18-19,37-38,41-45,48-50H,3-13,15,17,20-36H2,1-2H3/b16-14-,19-18-. The normalized spacial score (nSPS) is 20.9. The van der Waals surface area contributed by atoms with Crippen LogP contribution in [-0.4, -0.2) is 89.0 Å². The van der Waals surface area contributed by atoms with Gasteiger partial charge in [0.1, 0.15) is 31.0 Å². The third-order valence-electron chi connectivity index (χ3n) is 10.1. The number of carbonyl (C=O) groups excluding carboxylic acids is 2. The molecule has 0 aromatic rings. The van der Waals surface area contributed by atoms with Gasteiger partial charge in [0.25, 0.3) is 0 Å².